The summed E-state index contributed by atoms with van der Waals surface area (Å²) in [5.74, 6) is 0. The fraction of sp³-hybridized carbons (Fsp3) is 0.333. The van der Waals surface area contributed by atoms with Crippen molar-refractivity contribution < 1.29 is 5.11 Å². The topological polar surface area (TPSA) is 49.5 Å². The highest BCUT2D eigenvalue weighted by Gasteiger charge is 2.08. The number of aliphatic hydroxyl groups excluding tert-OH is 1. The zero-order chi connectivity index (χ0) is 13.0. The number of anilines is 1. The third kappa shape index (κ3) is 2.47. The lowest BCUT2D eigenvalue weighted by Crippen LogP contribution is -2.19. The number of aliphatic hydroxyl groups is 1. The van der Waals surface area contributed by atoms with Crippen LogP contribution < -0.4 is 10.6 Å². The van der Waals surface area contributed by atoms with Gasteiger partial charge in [-0.2, -0.15) is 0 Å². The molecule has 3 nitrogen and oxygen atoms in total. The SMILES string of the molecule is CN(CCCO)c1ccc(CN)c2ccccc12. The Morgan fingerprint density at radius 1 is 1.11 bits per heavy atom. The van der Waals surface area contributed by atoms with Gasteiger partial charge < -0.3 is 15.7 Å². The van der Waals surface area contributed by atoms with Crippen molar-refractivity contribution in [3.63, 3.8) is 0 Å². The first-order valence-corrected chi connectivity index (χ1v) is 6.30. The van der Waals surface area contributed by atoms with Crippen molar-refractivity contribution >= 4 is 16.5 Å². The van der Waals surface area contributed by atoms with Gasteiger partial charge in [0.15, 0.2) is 0 Å². The summed E-state index contributed by atoms with van der Waals surface area (Å²) in [4.78, 5) is 2.18. The highest BCUT2D eigenvalue weighted by atomic mass is 16.3. The predicted molar refractivity (Wildman–Crippen MR) is 76.8 cm³/mol. The van der Waals surface area contributed by atoms with E-state index < -0.39 is 0 Å². The van der Waals surface area contributed by atoms with Crippen LogP contribution >= 0.6 is 0 Å². The second-order valence-electron chi connectivity index (χ2n) is 4.49. The molecule has 0 aliphatic heterocycles. The van der Waals surface area contributed by atoms with Gasteiger partial charge in [-0.05, 0) is 23.4 Å². The summed E-state index contributed by atoms with van der Waals surface area (Å²) in [5, 5.41) is 11.4. The van der Waals surface area contributed by atoms with Crippen LogP contribution in [-0.2, 0) is 6.54 Å². The number of hydrogen-bond acceptors (Lipinski definition) is 3. The van der Waals surface area contributed by atoms with Gasteiger partial charge in [0.1, 0.15) is 0 Å². The largest absolute Gasteiger partial charge is 0.396 e. The van der Waals surface area contributed by atoms with E-state index in [-0.39, 0.29) is 6.61 Å². The van der Waals surface area contributed by atoms with E-state index in [1.54, 1.807) is 0 Å². The first-order valence-electron chi connectivity index (χ1n) is 6.30. The Kier molecular flexibility index (Phi) is 4.18. The maximum atomic E-state index is 8.91. The summed E-state index contributed by atoms with van der Waals surface area (Å²) in [5.41, 5.74) is 8.14. The second-order valence-corrected chi connectivity index (χ2v) is 4.49. The standard InChI is InChI=1S/C15H20N2O/c1-17(9-4-10-18)15-8-7-12(11-16)13-5-2-3-6-14(13)15/h2-3,5-8,18H,4,9-11,16H2,1H3. The quantitative estimate of drug-likeness (QED) is 0.847. The molecule has 2 aromatic rings. The Morgan fingerprint density at radius 2 is 1.83 bits per heavy atom. The highest BCUT2D eigenvalue weighted by Crippen LogP contribution is 2.28. The van der Waals surface area contributed by atoms with E-state index in [4.69, 9.17) is 10.8 Å². The van der Waals surface area contributed by atoms with Gasteiger partial charge in [-0.15, -0.1) is 0 Å². The molecular weight excluding hydrogens is 224 g/mol. The van der Waals surface area contributed by atoms with Gasteiger partial charge in [-0.3, -0.25) is 0 Å². The van der Waals surface area contributed by atoms with Crippen LogP contribution in [-0.4, -0.2) is 25.3 Å². The summed E-state index contributed by atoms with van der Waals surface area (Å²) < 4.78 is 0. The van der Waals surface area contributed by atoms with Crippen molar-refractivity contribution in [2.24, 2.45) is 5.73 Å². The molecule has 0 saturated carbocycles. The van der Waals surface area contributed by atoms with Crippen LogP contribution in [0, 0.1) is 0 Å². The second kappa shape index (κ2) is 5.85. The highest BCUT2D eigenvalue weighted by molar-refractivity contribution is 5.96. The summed E-state index contributed by atoms with van der Waals surface area (Å²) in [6.07, 6.45) is 0.781. The zero-order valence-electron chi connectivity index (χ0n) is 10.8. The predicted octanol–water partition coefficient (Wildman–Crippen LogP) is 2.12. The minimum absolute atomic E-state index is 0.225. The number of fused-ring (bicyclic) bond motifs is 1. The minimum atomic E-state index is 0.225. The summed E-state index contributed by atoms with van der Waals surface area (Å²) in [6, 6.07) is 12.5. The van der Waals surface area contributed by atoms with Crippen molar-refractivity contribution in [2.75, 3.05) is 25.1 Å². The van der Waals surface area contributed by atoms with E-state index in [0.29, 0.717) is 6.54 Å². The number of hydrogen-bond donors (Lipinski definition) is 2. The fourth-order valence-electron chi connectivity index (χ4n) is 2.28. The van der Waals surface area contributed by atoms with Crippen LogP contribution in [0.1, 0.15) is 12.0 Å². The molecule has 0 bridgehead atoms. The fourth-order valence-corrected chi connectivity index (χ4v) is 2.28. The number of nitrogens with two attached hydrogens (primary N) is 1. The van der Waals surface area contributed by atoms with Crippen LogP contribution in [0.4, 0.5) is 5.69 Å². The molecule has 2 aromatic carbocycles. The Bertz CT molecular complexity index is 525. The van der Waals surface area contributed by atoms with E-state index in [1.807, 2.05) is 12.1 Å². The molecule has 0 heterocycles. The van der Waals surface area contributed by atoms with Crippen molar-refractivity contribution in [1.29, 1.82) is 0 Å². The van der Waals surface area contributed by atoms with Crippen LogP contribution in [0.25, 0.3) is 10.8 Å². The van der Waals surface area contributed by atoms with E-state index >= 15 is 0 Å². The zero-order valence-corrected chi connectivity index (χ0v) is 10.8. The molecule has 0 aliphatic carbocycles. The lowest BCUT2D eigenvalue weighted by molar-refractivity contribution is 0.290. The minimum Gasteiger partial charge on any atom is -0.396 e. The molecule has 0 saturated heterocycles. The van der Waals surface area contributed by atoms with Crippen LogP contribution in [0.3, 0.4) is 0 Å². The van der Waals surface area contributed by atoms with Gasteiger partial charge in [0.05, 0.1) is 0 Å². The van der Waals surface area contributed by atoms with Crippen molar-refractivity contribution in [1.82, 2.24) is 0 Å². The molecule has 2 rings (SSSR count). The van der Waals surface area contributed by atoms with Gasteiger partial charge in [0, 0.05) is 37.8 Å². The van der Waals surface area contributed by atoms with Crippen LogP contribution in [0.5, 0.6) is 0 Å². The van der Waals surface area contributed by atoms with Gasteiger partial charge in [-0.25, -0.2) is 0 Å². The molecule has 18 heavy (non-hydrogen) atoms. The monoisotopic (exact) mass is 244 g/mol. The molecule has 3 heteroatoms. The van der Waals surface area contributed by atoms with E-state index in [0.717, 1.165) is 13.0 Å². The molecule has 0 spiro atoms. The molecule has 0 aliphatic rings. The van der Waals surface area contributed by atoms with Crippen LogP contribution in [0.2, 0.25) is 0 Å². The Labute approximate surface area is 108 Å². The Morgan fingerprint density at radius 3 is 2.50 bits per heavy atom. The summed E-state index contributed by atoms with van der Waals surface area (Å²) in [7, 11) is 2.06. The average molecular weight is 244 g/mol. The first kappa shape index (κ1) is 12.9. The maximum Gasteiger partial charge on any atom is 0.0447 e. The number of nitrogens with zero attached hydrogens (tertiary/aromatic N) is 1. The molecule has 0 fully saturated rings. The molecule has 3 N–H and O–H groups in total. The van der Waals surface area contributed by atoms with Crippen molar-refractivity contribution in [3.05, 3.63) is 42.0 Å². The number of benzene rings is 2. The van der Waals surface area contributed by atoms with Crippen LogP contribution in [0.15, 0.2) is 36.4 Å². The van der Waals surface area contributed by atoms with E-state index in [9.17, 15) is 0 Å². The van der Waals surface area contributed by atoms with Gasteiger partial charge in [0.25, 0.3) is 0 Å². The molecule has 0 unspecified atom stereocenters. The molecule has 0 atom stereocenters. The lowest BCUT2D eigenvalue weighted by Gasteiger charge is -2.21. The van der Waals surface area contributed by atoms with Gasteiger partial charge in [0.2, 0.25) is 0 Å². The molecule has 0 radical (unpaired) electrons. The Hall–Kier alpha value is -1.58. The van der Waals surface area contributed by atoms with E-state index in [1.165, 1.54) is 22.0 Å². The van der Waals surface area contributed by atoms with Crippen molar-refractivity contribution in [3.8, 4) is 0 Å². The van der Waals surface area contributed by atoms with Crippen molar-refractivity contribution in [2.45, 2.75) is 13.0 Å². The number of rotatable bonds is 5. The molecule has 0 aromatic heterocycles. The average Bonchev–Trinajstić information content (AvgIpc) is 2.43. The molecular formula is C15H20N2O. The molecule has 96 valence electrons. The first-order chi connectivity index (χ1) is 8.77. The smallest absolute Gasteiger partial charge is 0.0447 e. The van der Waals surface area contributed by atoms with E-state index in [2.05, 4.69) is 36.2 Å². The normalized spacial score (nSPS) is 10.8. The lowest BCUT2D eigenvalue weighted by atomic mass is 10.0. The van der Waals surface area contributed by atoms with Gasteiger partial charge in [-0.1, -0.05) is 30.3 Å². The maximum absolute atomic E-state index is 8.91. The Balaban J connectivity index is 2.45. The third-order valence-corrected chi connectivity index (χ3v) is 3.27. The van der Waals surface area contributed by atoms with Gasteiger partial charge >= 0.3 is 0 Å². The summed E-state index contributed by atoms with van der Waals surface area (Å²) >= 11 is 0. The summed E-state index contributed by atoms with van der Waals surface area (Å²) in [6.45, 7) is 1.63. The third-order valence-electron chi connectivity index (χ3n) is 3.27. The molecule has 0 amide bonds.